The Hall–Kier alpha value is -1.55. The Bertz CT molecular complexity index is 434. The molecule has 1 amide bonds. The summed E-state index contributed by atoms with van der Waals surface area (Å²) in [6.45, 7) is 7.12. The molecule has 0 aliphatic rings. The van der Waals surface area contributed by atoms with Crippen LogP contribution < -0.4 is 10.5 Å². The van der Waals surface area contributed by atoms with E-state index in [0.717, 1.165) is 17.7 Å². The van der Waals surface area contributed by atoms with Gasteiger partial charge < -0.3 is 15.4 Å². The van der Waals surface area contributed by atoms with Gasteiger partial charge in [-0.25, -0.2) is 0 Å². The van der Waals surface area contributed by atoms with E-state index in [0.29, 0.717) is 13.2 Å². The molecule has 0 radical (unpaired) electrons. The number of nitrogens with two attached hydrogens (primary N) is 1. The molecule has 2 N–H and O–H groups in total. The minimum atomic E-state index is -0.441. The van der Waals surface area contributed by atoms with Gasteiger partial charge in [0.2, 0.25) is 5.91 Å². The molecule has 2 atom stereocenters. The molecule has 1 aromatic rings. The van der Waals surface area contributed by atoms with Gasteiger partial charge in [0.05, 0.1) is 12.6 Å². The number of ether oxygens (including phenoxy) is 1. The molecular weight excluding hydrogens is 252 g/mol. The first kappa shape index (κ1) is 16.5. The molecule has 4 nitrogen and oxygen atoms in total. The highest BCUT2D eigenvalue weighted by Gasteiger charge is 2.23. The maximum absolute atomic E-state index is 12.3. The summed E-state index contributed by atoms with van der Waals surface area (Å²) < 4.78 is 5.58. The lowest BCUT2D eigenvalue weighted by Crippen LogP contribution is -2.45. The zero-order valence-electron chi connectivity index (χ0n) is 12.9. The summed E-state index contributed by atoms with van der Waals surface area (Å²) in [4.78, 5) is 14.0. The third-order valence-corrected chi connectivity index (χ3v) is 3.60. The number of carbonyl (C=O) groups is 1. The fraction of sp³-hybridized carbons (Fsp3) is 0.562. The summed E-state index contributed by atoms with van der Waals surface area (Å²) in [6.07, 6.45) is 0.899. The van der Waals surface area contributed by atoms with E-state index in [1.54, 1.807) is 11.9 Å². The lowest BCUT2D eigenvalue weighted by molar-refractivity contribution is -0.132. The van der Waals surface area contributed by atoms with Gasteiger partial charge in [-0.3, -0.25) is 4.79 Å². The van der Waals surface area contributed by atoms with Crippen LogP contribution in [0.1, 0.15) is 32.8 Å². The van der Waals surface area contributed by atoms with E-state index >= 15 is 0 Å². The summed E-state index contributed by atoms with van der Waals surface area (Å²) in [6, 6.07) is 7.34. The van der Waals surface area contributed by atoms with Gasteiger partial charge in [0.25, 0.3) is 0 Å². The molecule has 0 heterocycles. The monoisotopic (exact) mass is 278 g/mol. The maximum Gasteiger partial charge on any atom is 0.239 e. The van der Waals surface area contributed by atoms with Crippen molar-refractivity contribution in [3.05, 3.63) is 29.8 Å². The average molecular weight is 278 g/mol. The molecule has 1 unspecified atom stereocenters. The predicted molar refractivity (Wildman–Crippen MR) is 81.5 cm³/mol. The first-order valence-electron chi connectivity index (χ1n) is 7.22. The van der Waals surface area contributed by atoms with Gasteiger partial charge in [-0.1, -0.05) is 38.5 Å². The van der Waals surface area contributed by atoms with E-state index in [4.69, 9.17) is 10.5 Å². The number of carbonyl (C=O) groups excluding carboxylic acids is 1. The summed E-state index contributed by atoms with van der Waals surface area (Å²) in [7, 11) is 1.79. The van der Waals surface area contributed by atoms with Crippen molar-refractivity contribution in [3.63, 3.8) is 0 Å². The van der Waals surface area contributed by atoms with Crippen LogP contribution in [-0.2, 0) is 11.3 Å². The number of likely N-dealkylation sites (N-methyl/N-ethyl adjacent to an activating group) is 1. The molecule has 4 heteroatoms. The molecule has 0 fully saturated rings. The van der Waals surface area contributed by atoms with Crippen molar-refractivity contribution < 1.29 is 9.53 Å². The van der Waals surface area contributed by atoms with Gasteiger partial charge in [-0.15, -0.1) is 0 Å². The second-order valence-corrected chi connectivity index (χ2v) is 5.15. The van der Waals surface area contributed by atoms with Crippen LogP contribution in [0.25, 0.3) is 0 Å². The van der Waals surface area contributed by atoms with Crippen molar-refractivity contribution in [3.8, 4) is 5.75 Å². The molecule has 0 spiro atoms. The Balaban J connectivity index is 2.75. The van der Waals surface area contributed by atoms with Gasteiger partial charge in [0, 0.05) is 19.2 Å². The number of amides is 1. The van der Waals surface area contributed by atoms with E-state index in [9.17, 15) is 4.79 Å². The summed E-state index contributed by atoms with van der Waals surface area (Å²) in [5, 5.41) is 0. The number of nitrogens with zero attached hydrogens (tertiary/aromatic N) is 1. The number of rotatable bonds is 7. The lowest BCUT2D eigenvalue weighted by Gasteiger charge is -2.25. The topological polar surface area (TPSA) is 55.6 Å². The Labute approximate surface area is 121 Å². The van der Waals surface area contributed by atoms with Crippen LogP contribution in [0, 0.1) is 5.92 Å². The molecule has 1 rings (SSSR count). The van der Waals surface area contributed by atoms with Gasteiger partial charge in [-0.2, -0.15) is 0 Å². The zero-order valence-corrected chi connectivity index (χ0v) is 12.9. The van der Waals surface area contributed by atoms with Crippen LogP contribution in [0.4, 0.5) is 0 Å². The highest BCUT2D eigenvalue weighted by Crippen LogP contribution is 2.20. The van der Waals surface area contributed by atoms with Crippen LogP contribution in [0.15, 0.2) is 24.3 Å². The third-order valence-electron chi connectivity index (χ3n) is 3.60. The van der Waals surface area contributed by atoms with Crippen molar-refractivity contribution in [2.24, 2.45) is 11.7 Å². The predicted octanol–water partition coefficient (Wildman–Crippen LogP) is 2.42. The fourth-order valence-corrected chi connectivity index (χ4v) is 2.02. The van der Waals surface area contributed by atoms with Crippen LogP contribution in [0.2, 0.25) is 0 Å². The summed E-state index contributed by atoms with van der Waals surface area (Å²) in [5.74, 6) is 0.990. The summed E-state index contributed by atoms with van der Waals surface area (Å²) in [5.41, 5.74) is 7.00. The molecule has 20 heavy (non-hydrogen) atoms. The first-order chi connectivity index (χ1) is 9.51. The molecular formula is C16H26N2O2. The molecule has 0 saturated heterocycles. The van der Waals surface area contributed by atoms with Crippen molar-refractivity contribution in [2.75, 3.05) is 13.7 Å². The van der Waals surface area contributed by atoms with E-state index in [2.05, 4.69) is 0 Å². The molecule has 0 aromatic heterocycles. The largest absolute Gasteiger partial charge is 0.494 e. The van der Waals surface area contributed by atoms with E-state index in [-0.39, 0.29) is 11.8 Å². The minimum Gasteiger partial charge on any atom is -0.494 e. The van der Waals surface area contributed by atoms with Gasteiger partial charge in [-0.05, 0) is 18.9 Å². The van der Waals surface area contributed by atoms with Gasteiger partial charge in [0.1, 0.15) is 5.75 Å². The third kappa shape index (κ3) is 4.23. The Morgan fingerprint density at radius 1 is 1.35 bits per heavy atom. The maximum atomic E-state index is 12.3. The van der Waals surface area contributed by atoms with Crippen LogP contribution in [0.5, 0.6) is 5.75 Å². The van der Waals surface area contributed by atoms with Crippen molar-refractivity contribution in [2.45, 2.75) is 39.8 Å². The van der Waals surface area contributed by atoms with Crippen molar-refractivity contribution >= 4 is 5.91 Å². The van der Waals surface area contributed by atoms with Crippen LogP contribution in [-0.4, -0.2) is 30.5 Å². The minimum absolute atomic E-state index is 0.0225. The highest BCUT2D eigenvalue weighted by molar-refractivity contribution is 5.81. The molecule has 0 aliphatic heterocycles. The SMILES string of the molecule is CCOc1ccccc1CN(C)C(=O)[C@@H](N)C(C)CC. The lowest BCUT2D eigenvalue weighted by atomic mass is 9.99. The normalized spacial score (nSPS) is 13.7. The zero-order chi connectivity index (χ0) is 15.1. The first-order valence-corrected chi connectivity index (χ1v) is 7.22. The molecule has 0 aliphatic carbocycles. The van der Waals surface area contributed by atoms with Crippen molar-refractivity contribution in [1.29, 1.82) is 0 Å². The van der Waals surface area contributed by atoms with Crippen molar-refractivity contribution in [1.82, 2.24) is 4.90 Å². The number of para-hydroxylation sites is 1. The Morgan fingerprint density at radius 3 is 2.60 bits per heavy atom. The average Bonchev–Trinajstić information content (AvgIpc) is 2.47. The number of hydrogen-bond donors (Lipinski definition) is 1. The quantitative estimate of drug-likeness (QED) is 0.833. The second-order valence-electron chi connectivity index (χ2n) is 5.15. The highest BCUT2D eigenvalue weighted by atomic mass is 16.5. The van der Waals surface area contributed by atoms with Gasteiger partial charge >= 0.3 is 0 Å². The second kappa shape index (κ2) is 7.90. The standard InChI is InChI=1S/C16H26N2O2/c1-5-12(3)15(17)16(19)18(4)11-13-9-7-8-10-14(13)20-6-2/h7-10,12,15H,5-6,11,17H2,1-4H3/t12?,15-/m0/s1. The van der Waals surface area contributed by atoms with Gasteiger partial charge in [0.15, 0.2) is 0 Å². The fourth-order valence-electron chi connectivity index (χ4n) is 2.02. The number of benzene rings is 1. The Morgan fingerprint density at radius 2 is 2.00 bits per heavy atom. The molecule has 112 valence electrons. The summed E-state index contributed by atoms with van der Waals surface area (Å²) >= 11 is 0. The van der Waals surface area contributed by atoms with E-state index in [1.165, 1.54) is 0 Å². The van der Waals surface area contributed by atoms with Crippen LogP contribution >= 0.6 is 0 Å². The van der Waals surface area contributed by atoms with E-state index < -0.39 is 6.04 Å². The smallest absolute Gasteiger partial charge is 0.239 e. The molecule has 1 aromatic carbocycles. The Kier molecular flexibility index (Phi) is 6.52. The van der Waals surface area contributed by atoms with E-state index in [1.807, 2.05) is 45.0 Å². The number of hydrogen-bond acceptors (Lipinski definition) is 3. The van der Waals surface area contributed by atoms with Crippen LogP contribution in [0.3, 0.4) is 0 Å². The molecule has 0 bridgehead atoms. The molecule has 0 saturated carbocycles.